The van der Waals surface area contributed by atoms with E-state index in [4.69, 9.17) is 43.6 Å². The second-order valence-electron chi connectivity index (χ2n) is 15.7. The molecule has 4 fully saturated rings. The van der Waals surface area contributed by atoms with Crippen molar-refractivity contribution in [3.63, 3.8) is 0 Å². The van der Waals surface area contributed by atoms with Crippen molar-refractivity contribution in [1.82, 2.24) is 0 Å². The lowest BCUT2D eigenvalue weighted by Crippen LogP contribution is -2.67. The molecular weight excluding hydrogens is 854 g/mol. The zero-order valence-corrected chi connectivity index (χ0v) is 33.1. The van der Waals surface area contributed by atoms with Gasteiger partial charge in [0.1, 0.15) is 104 Å². The number of rotatable bonds is 20. The molecule has 0 saturated carbocycles. The maximum Gasteiger partial charge on any atom is 0.364 e. The molecule has 0 aromatic carbocycles. The van der Waals surface area contributed by atoms with E-state index in [0.29, 0.717) is 0 Å². The predicted octanol–water partition coefficient (Wildman–Crippen LogP) is -11.8. The Morgan fingerprint density at radius 1 is 0.726 bits per heavy atom. The van der Waals surface area contributed by atoms with Crippen LogP contribution in [0.15, 0.2) is 0 Å². The monoisotopic (exact) mass is 915 g/mol. The van der Waals surface area contributed by atoms with E-state index in [2.05, 4.69) is 0 Å². The Hall–Kier alpha value is -1.57. The minimum absolute atomic E-state index is 0.867. The molecule has 0 aliphatic carbocycles. The molecule has 4 aliphatic heterocycles. The molecule has 0 radical (unpaired) electrons. The minimum Gasteiger partial charge on any atom is -0.477 e. The normalized spacial score (nSPS) is 44.8. The van der Waals surface area contributed by atoms with Crippen LogP contribution in [0.5, 0.6) is 0 Å². The summed E-state index contributed by atoms with van der Waals surface area (Å²) in [6, 6.07) is -1.54. The lowest BCUT2D eigenvalue weighted by molar-refractivity contribution is -0.368. The Bertz CT molecular complexity index is 1370. The molecule has 9 unspecified atom stereocenters. The van der Waals surface area contributed by atoms with E-state index in [9.17, 15) is 96.7 Å². The largest absolute Gasteiger partial charge is 0.477 e. The summed E-state index contributed by atoms with van der Waals surface area (Å²) in [6.45, 7) is -4.70. The molecular formula is C34H61NO27. The van der Waals surface area contributed by atoms with Gasteiger partial charge in [-0.1, -0.05) is 6.92 Å². The number of aliphatic carboxylic acids is 1. The van der Waals surface area contributed by atoms with Crippen molar-refractivity contribution < 1.29 is 135 Å². The highest BCUT2D eigenvalue weighted by atomic mass is 16.8. The van der Waals surface area contributed by atoms with Gasteiger partial charge >= 0.3 is 5.97 Å². The van der Waals surface area contributed by atoms with Gasteiger partial charge in [-0.3, -0.25) is 0 Å². The molecule has 0 aromatic rings. The topological polar surface area (TPSA) is 481 Å². The number of aliphatic hydroxyl groups is 17. The van der Waals surface area contributed by atoms with Crippen LogP contribution < -0.4 is 5.73 Å². The fraction of sp³-hybridized carbons (Fsp3) is 0.971. The van der Waals surface area contributed by atoms with Gasteiger partial charge in [-0.25, -0.2) is 4.79 Å². The third-order valence-corrected chi connectivity index (χ3v) is 11.4. The van der Waals surface area contributed by atoms with Crippen LogP contribution in [0.25, 0.3) is 0 Å². The third-order valence-electron chi connectivity index (χ3n) is 11.4. The van der Waals surface area contributed by atoms with Crippen LogP contribution in [0.4, 0.5) is 0 Å². The number of carboxylic acid groups (broad SMARTS) is 1. The maximum atomic E-state index is 12.7. The average Bonchev–Trinajstić information content (AvgIpc) is 3.25. The van der Waals surface area contributed by atoms with Crippen molar-refractivity contribution in [3.8, 4) is 0 Å². The molecule has 4 rings (SSSR count). The second-order valence-corrected chi connectivity index (χ2v) is 15.7. The van der Waals surface area contributed by atoms with E-state index in [1.165, 1.54) is 6.92 Å². The molecule has 4 aliphatic rings. The SMILES string of the molecule is C[C@H]1C(O[C@@H]2OC(CO)[C@H](O)C(O)[C@@H]2O)[C@H](O)C(CO[C@]2(C(=O)O)C[C@@H](O)[C@@H](N)C([C@H](O)[C@H](O)CO)O2)O[C@H]1O[C@H](C(O)CO[C@@H]1C(CO)O[C@@H](O)C(O)[C@H]1O)[C@@H](O)C(O)CO. The Labute approximate surface area is 351 Å². The van der Waals surface area contributed by atoms with Crippen molar-refractivity contribution in [1.29, 1.82) is 0 Å². The van der Waals surface area contributed by atoms with Crippen LogP contribution in [0, 0.1) is 5.92 Å². The third kappa shape index (κ3) is 11.5. The average molecular weight is 916 g/mol. The Morgan fingerprint density at radius 2 is 1.34 bits per heavy atom. The van der Waals surface area contributed by atoms with E-state index in [0.717, 1.165) is 0 Å². The molecule has 0 spiro atoms. The van der Waals surface area contributed by atoms with Gasteiger partial charge in [0.15, 0.2) is 18.9 Å². The van der Waals surface area contributed by atoms with Gasteiger partial charge in [0.2, 0.25) is 0 Å². The molecule has 25 atom stereocenters. The number of carboxylic acids is 1. The first kappa shape index (κ1) is 53.0. The number of carbonyl (C=O) groups is 1. The highest BCUT2D eigenvalue weighted by molar-refractivity contribution is 5.76. The summed E-state index contributed by atoms with van der Waals surface area (Å²) in [5.41, 5.74) is 5.92. The summed E-state index contributed by atoms with van der Waals surface area (Å²) in [5.74, 6) is -6.22. The molecule has 62 heavy (non-hydrogen) atoms. The minimum atomic E-state index is -2.92. The van der Waals surface area contributed by atoms with Crippen molar-refractivity contribution in [2.24, 2.45) is 11.7 Å². The van der Waals surface area contributed by atoms with Crippen LogP contribution in [0.2, 0.25) is 0 Å². The van der Waals surface area contributed by atoms with Gasteiger partial charge in [0.05, 0.1) is 57.9 Å². The summed E-state index contributed by atoms with van der Waals surface area (Å²) >= 11 is 0. The predicted molar refractivity (Wildman–Crippen MR) is 191 cm³/mol. The molecule has 20 N–H and O–H groups in total. The number of hydrogen-bond acceptors (Lipinski definition) is 27. The Kier molecular flexibility index (Phi) is 19.5. The van der Waals surface area contributed by atoms with Crippen LogP contribution in [-0.2, 0) is 42.7 Å². The van der Waals surface area contributed by atoms with Crippen molar-refractivity contribution >= 4 is 5.97 Å². The fourth-order valence-electron chi connectivity index (χ4n) is 7.46. The molecule has 28 heteroatoms. The van der Waals surface area contributed by atoms with E-state index >= 15 is 0 Å². The van der Waals surface area contributed by atoms with Crippen LogP contribution in [0.3, 0.4) is 0 Å². The van der Waals surface area contributed by atoms with Gasteiger partial charge in [0.25, 0.3) is 5.79 Å². The maximum absolute atomic E-state index is 12.7. The zero-order valence-electron chi connectivity index (χ0n) is 33.1. The lowest BCUT2D eigenvalue weighted by atomic mass is 9.89. The van der Waals surface area contributed by atoms with Gasteiger partial charge in [-0.2, -0.15) is 0 Å². The molecule has 364 valence electrons. The number of hydrogen-bond donors (Lipinski definition) is 19. The van der Waals surface area contributed by atoms with E-state index in [1.807, 2.05) is 0 Å². The van der Waals surface area contributed by atoms with E-state index < -0.39 is 205 Å². The van der Waals surface area contributed by atoms with Gasteiger partial charge in [-0.05, 0) is 0 Å². The van der Waals surface area contributed by atoms with Crippen molar-refractivity contribution in [2.75, 3.05) is 39.6 Å². The van der Waals surface area contributed by atoms with E-state index in [-0.39, 0.29) is 0 Å². The summed E-state index contributed by atoms with van der Waals surface area (Å²) in [5, 5.41) is 186. The molecule has 28 nitrogen and oxygen atoms in total. The zero-order chi connectivity index (χ0) is 46.5. The quantitative estimate of drug-likeness (QED) is 0.0539. The first-order valence-electron chi connectivity index (χ1n) is 19.6. The highest BCUT2D eigenvalue weighted by Gasteiger charge is 2.57. The molecule has 0 amide bonds. The Morgan fingerprint density at radius 3 is 1.92 bits per heavy atom. The van der Waals surface area contributed by atoms with Crippen LogP contribution in [-0.4, -0.2) is 284 Å². The first-order chi connectivity index (χ1) is 29.1. The molecule has 0 bridgehead atoms. The standard InChI is InChI=1S/C34H61NO27/c1-9-26(60-32-25(51)22(48)20(46)14(5-38)58-32)21(47)16(8-56-34(33(53)54)2-10(40)17(35)29(62-34)19(45)12(42)4-37)59-31(9)61-27(18(44)11(41)3-36)13(43)7-55-28-15(6-39)57-30(52)24(50)23(28)49/h9-32,36-52H,2-8,35H2,1H3,(H,53,54)/t9-,10+,11?,12+,13?,14?,15?,16?,17+,18-,19+,20-,21+,22?,23+,24?,25-,26?,27+,28+,29?,30+,31-,32-,34+/m0/s1. The highest BCUT2D eigenvalue weighted by Crippen LogP contribution is 2.37. The van der Waals surface area contributed by atoms with Crippen molar-refractivity contribution in [3.05, 3.63) is 0 Å². The summed E-state index contributed by atoms with van der Waals surface area (Å²) in [4.78, 5) is 12.7. The smallest absolute Gasteiger partial charge is 0.364 e. The fourth-order valence-corrected chi connectivity index (χ4v) is 7.46. The number of aliphatic hydroxyl groups excluding tert-OH is 17. The number of ether oxygens (including phenoxy) is 8. The van der Waals surface area contributed by atoms with Gasteiger partial charge in [0, 0.05) is 12.3 Å². The lowest BCUT2D eigenvalue weighted by Gasteiger charge is -2.49. The summed E-state index contributed by atoms with van der Waals surface area (Å²) in [7, 11) is 0. The molecule has 0 aromatic heterocycles. The first-order valence-corrected chi connectivity index (χ1v) is 19.6. The van der Waals surface area contributed by atoms with Crippen LogP contribution >= 0.6 is 0 Å². The van der Waals surface area contributed by atoms with Crippen molar-refractivity contribution in [2.45, 2.75) is 160 Å². The molecule has 4 saturated heterocycles. The Balaban J connectivity index is 1.67. The molecule has 4 heterocycles. The number of nitrogens with two attached hydrogens (primary N) is 1. The second kappa shape index (κ2) is 22.8. The van der Waals surface area contributed by atoms with E-state index in [1.54, 1.807) is 0 Å². The van der Waals surface area contributed by atoms with Gasteiger partial charge < -0.3 is 136 Å². The van der Waals surface area contributed by atoms with Crippen LogP contribution in [0.1, 0.15) is 13.3 Å². The summed E-state index contributed by atoms with van der Waals surface area (Å²) in [6.07, 6.45) is -42.8. The summed E-state index contributed by atoms with van der Waals surface area (Å²) < 4.78 is 44.7. The van der Waals surface area contributed by atoms with Gasteiger partial charge in [-0.15, -0.1) is 0 Å².